The van der Waals surface area contributed by atoms with E-state index >= 15 is 0 Å². The second-order valence-electron chi connectivity index (χ2n) is 4.28. The van der Waals surface area contributed by atoms with Gasteiger partial charge in [-0.25, -0.2) is 5.84 Å². The normalized spacial score (nSPS) is 10.9. The van der Waals surface area contributed by atoms with Crippen LogP contribution in [0.3, 0.4) is 0 Å². The summed E-state index contributed by atoms with van der Waals surface area (Å²) in [4.78, 5) is 13.6. The Morgan fingerprint density at radius 1 is 1.61 bits per heavy atom. The second kappa shape index (κ2) is 7.45. The predicted molar refractivity (Wildman–Crippen MR) is 74.4 cm³/mol. The van der Waals surface area contributed by atoms with E-state index in [4.69, 9.17) is 10.3 Å². The summed E-state index contributed by atoms with van der Waals surface area (Å²) in [7, 11) is 2.04. The van der Waals surface area contributed by atoms with Gasteiger partial charge < -0.3 is 4.42 Å². The molecule has 0 atom stereocenters. The molecule has 0 aromatic carbocycles. The van der Waals surface area contributed by atoms with E-state index in [2.05, 4.69) is 16.6 Å². The van der Waals surface area contributed by atoms with Gasteiger partial charge in [-0.1, -0.05) is 0 Å². The first-order chi connectivity index (χ1) is 8.58. The number of carbonyl (C=O) groups excluding carboxylic acids is 1. The molecular formula is C12H21N3O2S. The van der Waals surface area contributed by atoms with Crippen LogP contribution in [0.15, 0.2) is 10.5 Å². The monoisotopic (exact) mass is 271 g/mol. The highest BCUT2D eigenvalue weighted by Crippen LogP contribution is 2.16. The van der Waals surface area contributed by atoms with Crippen LogP contribution in [0.25, 0.3) is 0 Å². The first-order valence-corrected chi connectivity index (χ1v) is 7.25. The molecule has 0 radical (unpaired) electrons. The maximum absolute atomic E-state index is 11.4. The van der Waals surface area contributed by atoms with Gasteiger partial charge in [-0.15, -0.1) is 0 Å². The lowest BCUT2D eigenvalue weighted by molar-refractivity contribution is 0.0921. The molecule has 1 aromatic rings. The van der Waals surface area contributed by atoms with Crippen molar-refractivity contribution in [2.24, 2.45) is 5.84 Å². The van der Waals surface area contributed by atoms with Crippen molar-refractivity contribution in [3.05, 3.63) is 23.2 Å². The number of thioether (sulfide) groups is 1. The SMILES string of the molecule is CSCCCN(C)Cc1cc(C)c(C(=O)NN)o1. The quantitative estimate of drug-likeness (QED) is 0.339. The van der Waals surface area contributed by atoms with Crippen molar-refractivity contribution in [2.75, 3.05) is 25.6 Å². The van der Waals surface area contributed by atoms with Crippen LogP contribution in [0.1, 0.15) is 28.3 Å². The fourth-order valence-electron chi connectivity index (χ4n) is 1.74. The van der Waals surface area contributed by atoms with Gasteiger partial charge in [-0.05, 0) is 45.0 Å². The number of amides is 1. The minimum absolute atomic E-state index is 0.296. The molecule has 0 aliphatic carbocycles. The van der Waals surface area contributed by atoms with E-state index in [1.54, 1.807) is 0 Å². The number of carbonyl (C=O) groups is 1. The predicted octanol–water partition coefficient (Wildman–Crippen LogP) is 1.38. The Hall–Kier alpha value is -0.980. The van der Waals surface area contributed by atoms with Gasteiger partial charge in [0.25, 0.3) is 0 Å². The highest BCUT2D eigenvalue weighted by molar-refractivity contribution is 7.98. The molecule has 0 aliphatic heterocycles. The van der Waals surface area contributed by atoms with E-state index in [0.29, 0.717) is 12.3 Å². The lowest BCUT2D eigenvalue weighted by atomic mass is 10.2. The molecule has 0 saturated heterocycles. The molecule has 0 fully saturated rings. The smallest absolute Gasteiger partial charge is 0.301 e. The molecule has 102 valence electrons. The maximum atomic E-state index is 11.4. The minimum Gasteiger partial charge on any atom is -0.454 e. The van der Waals surface area contributed by atoms with Gasteiger partial charge in [0.2, 0.25) is 0 Å². The Kier molecular flexibility index (Phi) is 6.24. The fraction of sp³-hybridized carbons (Fsp3) is 0.583. The van der Waals surface area contributed by atoms with Gasteiger partial charge in [0.05, 0.1) is 6.54 Å². The van der Waals surface area contributed by atoms with Crippen LogP contribution in [-0.4, -0.2) is 36.4 Å². The number of hydrazine groups is 1. The van der Waals surface area contributed by atoms with Crippen molar-refractivity contribution < 1.29 is 9.21 Å². The molecule has 1 amide bonds. The third kappa shape index (κ3) is 4.36. The van der Waals surface area contributed by atoms with Crippen molar-refractivity contribution in [1.82, 2.24) is 10.3 Å². The molecule has 1 rings (SSSR count). The lowest BCUT2D eigenvalue weighted by Gasteiger charge is -2.14. The van der Waals surface area contributed by atoms with Crippen molar-refractivity contribution >= 4 is 17.7 Å². The van der Waals surface area contributed by atoms with E-state index in [9.17, 15) is 4.79 Å². The average molecular weight is 271 g/mol. The third-order valence-corrected chi connectivity index (χ3v) is 3.32. The largest absolute Gasteiger partial charge is 0.454 e. The molecule has 0 unspecified atom stereocenters. The number of hydrogen-bond acceptors (Lipinski definition) is 5. The van der Waals surface area contributed by atoms with Gasteiger partial charge in [0, 0.05) is 5.56 Å². The average Bonchev–Trinajstić information content (AvgIpc) is 2.69. The summed E-state index contributed by atoms with van der Waals surface area (Å²) in [5.41, 5.74) is 2.89. The van der Waals surface area contributed by atoms with Gasteiger partial charge in [-0.2, -0.15) is 11.8 Å². The fourth-order valence-corrected chi connectivity index (χ4v) is 2.16. The van der Waals surface area contributed by atoms with E-state index in [1.165, 1.54) is 0 Å². The first-order valence-electron chi connectivity index (χ1n) is 5.86. The Morgan fingerprint density at radius 3 is 2.94 bits per heavy atom. The van der Waals surface area contributed by atoms with Crippen molar-refractivity contribution in [3.8, 4) is 0 Å². The topological polar surface area (TPSA) is 71.5 Å². The minimum atomic E-state index is -0.385. The summed E-state index contributed by atoms with van der Waals surface area (Å²) in [5, 5.41) is 0. The number of aryl methyl sites for hydroxylation is 1. The van der Waals surface area contributed by atoms with Crippen LogP contribution in [0, 0.1) is 6.92 Å². The van der Waals surface area contributed by atoms with Gasteiger partial charge in [-0.3, -0.25) is 15.1 Å². The number of nitrogen functional groups attached to an aromatic ring is 1. The van der Waals surface area contributed by atoms with Gasteiger partial charge in [0.15, 0.2) is 5.76 Å². The van der Waals surface area contributed by atoms with E-state index < -0.39 is 0 Å². The Labute approximate surface area is 112 Å². The molecular weight excluding hydrogens is 250 g/mol. The summed E-state index contributed by atoms with van der Waals surface area (Å²) in [6.07, 6.45) is 3.25. The molecule has 0 spiro atoms. The molecule has 18 heavy (non-hydrogen) atoms. The maximum Gasteiger partial charge on any atom is 0.301 e. The van der Waals surface area contributed by atoms with Crippen LogP contribution in [0.5, 0.6) is 0 Å². The number of nitrogens with one attached hydrogen (secondary N) is 1. The summed E-state index contributed by atoms with van der Waals surface area (Å²) in [6.45, 7) is 3.55. The number of rotatable bonds is 7. The molecule has 6 heteroatoms. The molecule has 0 saturated carbocycles. The van der Waals surface area contributed by atoms with Crippen LogP contribution in [0.2, 0.25) is 0 Å². The molecule has 3 N–H and O–H groups in total. The van der Waals surface area contributed by atoms with Crippen LogP contribution >= 0.6 is 11.8 Å². The first kappa shape index (κ1) is 15.1. The van der Waals surface area contributed by atoms with E-state index in [0.717, 1.165) is 30.0 Å². The van der Waals surface area contributed by atoms with E-state index in [-0.39, 0.29) is 5.91 Å². The summed E-state index contributed by atoms with van der Waals surface area (Å²) < 4.78 is 5.51. The lowest BCUT2D eigenvalue weighted by Crippen LogP contribution is -2.30. The molecule has 1 aromatic heterocycles. The zero-order valence-corrected chi connectivity index (χ0v) is 12.0. The van der Waals surface area contributed by atoms with E-state index in [1.807, 2.05) is 31.8 Å². The molecule has 1 heterocycles. The van der Waals surface area contributed by atoms with Crippen LogP contribution < -0.4 is 11.3 Å². The summed E-state index contributed by atoms with van der Waals surface area (Å²) in [6, 6.07) is 1.88. The number of nitrogens with two attached hydrogens (primary N) is 1. The summed E-state index contributed by atoms with van der Waals surface area (Å²) >= 11 is 1.85. The van der Waals surface area contributed by atoms with Crippen LogP contribution in [0.4, 0.5) is 0 Å². The molecule has 0 aliphatic rings. The number of nitrogens with zero attached hydrogens (tertiary/aromatic N) is 1. The zero-order chi connectivity index (χ0) is 13.5. The second-order valence-corrected chi connectivity index (χ2v) is 5.27. The van der Waals surface area contributed by atoms with Crippen molar-refractivity contribution in [1.29, 1.82) is 0 Å². The highest BCUT2D eigenvalue weighted by Gasteiger charge is 2.15. The number of furan rings is 1. The number of hydrogen-bond donors (Lipinski definition) is 2. The third-order valence-electron chi connectivity index (χ3n) is 2.62. The summed E-state index contributed by atoms with van der Waals surface area (Å²) in [5.74, 6) is 6.95. The highest BCUT2D eigenvalue weighted by atomic mass is 32.2. The Balaban J connectivity index is 2.54. The Morgan fingerprint density at radius 2 is 2.33 bits per heavy atom. The standard InChI is InChI=1S/C12H21N3O2S/c1-9-7-10(17-11(9)12(16)14-13)8-15(2)5-4-6-18-3/h7H,4-6,8,13H2,1-3H3,(H,14,16). The molecule has 5 nitrogen and oxygen atoms in total. The van der Waals surface area contributed by atoms with Crippen molar-refractivity contribution in [2.45, 2.75) is 19.9 Å². The van der Waals surface area contributed by atoms with Gasteiger partial charge in [0.1, 0.15) is 5.76 Å². The van der Waals surface area contributed by atoms with Crippen molar-refractivity contribution in [3.63, 3.8) is 0 Å². The Bertz CT molecular complexity index is 393. The zero-order valence-electron chi connectivity index (χ0n) is 11.2. The molecule has 0 bridgehead atoms. The van der Waals surface area contributed by atoms with Crippen LogP contribution in [-0.2, 0) is 6.54 Å². The van der Waals surface area contributed by atoms with Gasteiger partial charge >= 0.3 is 5.91 Å².